The second kappa shape index (κ2) is 7.07. The molecule has 0 radical (unpaired) electrons. The molecule has 3 rings (SSSR count). The fraction of sp³-hybridized carbons (Fsp3) is 0.278. The molecule has 3 heterocycles. The van der Waals surface area contributed by atoms with Crippen LogP contribution in [0.1, 0.15) is 30.5 Å². The van der Waals surface area contributed by atoms with Crippen LogP contribution in [-0.2, 0) is 0 Å². The summed E-state index contributed by atoms with van der Waals surface area (Å²) in [5.41, 5.74) is 1.96. The van der Waals surface area contributed by atoms with Gasteiger partial charge in [-0.2, -0.15) is 0 Å². The second-order valence-electron chi connectivity index (χ2n) is 6.00. The van der Waals surface area contributed by atoms with Crippen molar-refractivity contribution < 1.29 is 5.11 Å². The van der Waals surface area contributed by atoms with E-state index in [-0.39, 0.29) is 5.92 Å². The summed E-state index contributed by atoms with van der Waals surface area (Å²) in [7, 11) is 0. The molecule has 6 heteroatoms. The van der Waals surface area contributed by atoms with Crippen molar-refractivity contribution in [2.24, 2.45) is 5.92 Å². The van der Waals surface area contributed by atoms with Gasteiger partial charge in [-0.1, -0.05) is 19.9 Å². The van der Waals surface area contributed by atoms with E-state index in [0.717, 1.165) is 32.8 Å². The van der Waals surface area contributed by atoms with E-state index < -0.39 is 6.10 Å². The lowest BCUT2D eigenvalue weighted by atomic mass is 10.1. The van der Waals surface area contributed by atoms with E-state index >= 15 is 0 Å². The minimum atomic E-state index is -0.540. The number of hydrogen-bond donors (Lipinski definition) is 2. The van der Waals surface area contributed by atoms with Crippen molar-refractivity contribution in [3.05, 3.63) is 53.3 Å². The van der Waals surface area contributed by atoms with Crippen LogP contribution in [0.4, 0.5) is 11.6 Å². The zero-order valence-electron chi connectivity index (χ0n) is 13.9. The molecule has 124 valence electrons. The Hall–Kier alpha value is -2.31. The monoisotopic (exact) mass is 340 g/mol. The average Bonchev–Trinajstić information content (AvgIpc) is 3.04. The molecule has 0 saturated carbocycles. The van der Waals surface area contributed by atoms with Gasteiger partial charge in [-0.15, -0.1) is 11.3 Å². The lowest BCUT2D eigenvalue weighted by molar-refractivity contribution is 0.126. The van der Waals surface area contributed by atoms with Crippen molar-refractivity contribution in [2.45, 2.75) is 26.9 Å². The highest BCUT2D eigenvalue weighted by Gasteiger charge is 2.17. The number of pyridine rings is 2. The summed E-state index contributed by atoms with van der Waals surface area (Å²) in [6.07, 6.45) is 2.99. The molecule has 0 amide bonds. The maximum absolute atomic E-state index is 10.1. The van der Waals surface area contributed by atoms with Gasteiger partial charge in [0.25, 0.3) is 0 Å². The third kappa shape index (κ3) is 3.77. The van der Waals surface area contributed by atoms with Crippen LogP contribution >= 0.6 is 11.3 Å². The highest BCUT2D eigenvalue weighted by Crippen LogP contribution is 2.31. The molecule has 24 heavy (non-hydrogen) atoms. The fourth-order valence-corrected chi connectivity index (χ4v) is 3.25. The van der Waals surface area contributed by atoms with Gasteiger partial charge in [-0.3, -0.25) is 0 Å². The van der Waals surface area contributed by atoms with Crippen molar-refractivity contribution in [1.82, 2.24) is 15.0 Å². The molecule has 0 bridgehead atoms. The molecule has 3 aromatic heterocycles. The molecule has 0 aliphatic carbocycles. The van der Waals surface area contributed by atoms with Crippen LogP contribution in [0.3, 0.4) is 0 Å². The number of nitrogens with zero attached hydrogens (tertiary/aromatic N) is 3. The maximum atomic E-state index is 10.1. The highest BCUT2D eigenvalue weighted by molar-refractivity contribution is 7.15. The standard InChI is InChI=1S/C18H20N4OS/c1-11(2)17(23)18-20-10-14(24-18)13-5-4-6-15(21-13)22-16-9-12(3)7-8-19-16/h4-11,17,23H,1-3H3,(H,19,21,22). The fourth-order valence-electron chi connectivity index (χ4n) is 2.21. The third-order valence-corrected chi connectivity index (χ3v) is 4.67. The van der Waals surface area contributed by atoms with E-state index in [1.165, 1.54) is 11.3 Å². The first-order valence-electron chi connectivity index (χ1n) is 7.84. The first kappa shape index (κ1) is 16.5. The number of nitrogens with one attached hydrogen (secondary N) is 1. The lowest BCUT2D eigenvalue weighted by Crippen LogP contribution is -2.04. The van der Waals surface area contributed by atoms with Gasteiger partial charge in [0.05, 0.1) is 10.6 Å². The summed E-state index contributed by atoms with van der Waals surface area (Å²) in [6, 6.07) is 9.71. The molecule has 2 N–H and O–H groups in total. The predicted octanol–water partition coefficient (Wildman–Crippen LogP) is 4.34. The first-order valence-corrected chi connectivity index (χ1v) is 8.65. The van der Waals surface area contributed by atoms with Gasteiger partial charge < -0.3 is 10.4 Å². The molecule has 0 spiro atoms. The van der Waals surface area contributed by atoms with Gasteiger partial charge in [-0.25, -0.2) is 15.0 Å². The lowest BCUT2D eigenvalue weighted by Gasteiger charge is -2.10. The van der Waals surface area contributed by atoms with Crippen molar-refractivity contribution in [3.8, 4) is 10.6 Å². The van der Waals surface area contributed by atoms with E-state index in [1.807, 2.05) is 51.1 Å². The van der Waals surface area contributed by atoms with Gasteiger partial charge >= 0.3 is 0 Å². The number of aromatic nitrogens is 3. The Kier molecular flexibility index (Phi) is 4.87. The molecular formula is C18H20N4OS. The summed E-state index contributed by atoms with van der Waals surface area (Å²) >= 11 is 1.47. The van der Waals surface area contributed by atoms with Crippen LogP contribution in [0.25, 0.3) is 10.6 Å². The number of aliphatic hydroxyl groups excluding tert-OH is 1. The maximum Gasteiger partial charge on any atom is 0.132 e. The number of aliphatic hydroxyl groups is 1. The topological polar surface area (TPSA) is 70.9 Å². The van der Waals surface area contributed by atoms with Crippen molar-refractivity contribution in [1.29, 1.82) is 0 Å². The molecular weight excluding hydrogens is 320 g/mol. The van der Waals surface area contributed by atoms with E-state index in [1.54, 1.807) is 12.4 Å². The summed E-state index contributed by atoms with van der Waals surface area (Å²) in [6.45, 7) is 5.97. The number of anilines is 2. The first-order chi connectivity index (χ1) is 11.5. The van der Waals surface area contributed by atoms with Crippen LogP contribution in [0.5, 0.6) is 0 Å². The average molecular weight is 340 g/mol. The van der Waals surface area contributed by atoms with E-state index in [2.05, 4.69) is 20.3 Å². The van der Waals surface area contributed by atoms with Crippen LogP contribution in [0, 0.1) is 12.8 Å². The number of hydrogen-bond acceptors (Lipinski definition) is 6. The zero-order valence-corrected chi connectivity index (χ0v) is 14.7. The van der Waals surface area contributed by atoms with Gasteiger partial charge in [0.15, 0.2) is 0 Å². The Morgan fingerprint density at radius 3 is 2.71 bits per heavy atom. The molecule has 1 unspecified atom stereocenters. The van der Waals surface area contributed by atoms with Crippen molar-refractivity contribution in [3.63, 3.8) is 0 Å². The van der Waals surface area contributed by atoms with E-state index in [4.69, 9.17) is 0 Å². The molecule has 0 aromatic carbocycles. The molecule has 5 nitrogen and oxygen atoms in total. The zero-order chi connectivity index (χ0) is 17.1. The quantitative estimate of drug-likeness (QED) is 0.723. The van der Waals surface area contributed by atoms with E-state index in [9.17, 15) is 5.11 Å². The van der Waals surface area contributed by atoms with Crippen LogP contribution in [0.2, 0.25) is 0 Å². The Balaban J connectivity index is 1.83. The summed E-state index contributed by atoms with van der Waals surface area (Å²) in [5.74, 6) is 1.63. The molecule has 3 aromatic rings. The number of thiazole rings is 1. The number of aryl methyl sites for hydroxylation is 1. The molecule has 0 aliphatic heterocycles. The predicted molar refractivity (Wildman–Crippen MR) is 97.4 cm³/mol. The summed E-state index contributed by atoms with van der Waals surface area (Å²) < 4.78 is 0. The Morgan fingerprint density at radius 2 is 1.96 bits per heavy atom. The molecule has 0 saturated heterocycles. The Morgan fingerprint density at radius 1 is 1.12 bits per heavy atom. The van der Waals surface area contributed by atoms with Crippen LogP contribution in [-0.4, -0.2) is 20.1 Å². The SMILES string of the molecule is Cc1ccnc(Nc2cccc(-c3cnc(C(O)C(C)C)s3)n2)c1. The van der Waals surface area contributed by atoms with Crippen LogP contribution < -0.4 is 5.32 Å². The normalized spacial score (nSPS) is 12.4. The smallest absolute Gasteiger partial charge is 0.132 e. The molecule has 1 atom stereocenters. The van der Waals surface area contributed by atoms with Gasteiger partial charge in [-0.05, 0) is 42.7 Å². The third-order valence-electron chi connectivity index (χ3n) is 3.58. The highest BCUT2D eigenvalue weighted by atomic mass is 32.1. The second-order valence-corrected chi connectivity index (χ2v) is 7.07. The Bertz CT molecular complexity index is 831. The minimum Gasteiger partial charge on any atom is -0.386 e. The summed E-state index contributed by atoms with van der Waals surface area (Å²) in [5, 5.41) is 14.1. The van der Waals surface area contributed by atoms with Gasteiger partial charge in [0, 0.05) is 12.4 Å². The van der Waals surface area contributed by atoms with Crippen molar-refractivity contribution in [2.75, 3.05) is 5.32 Å². The van der Waals surface area contributed by atoms with Crippen molar-refractivity contribution >= 4 is 23.0 Å². The summed E-state index contributed by atoms with van der Waals surface area (Å²) in [4.78, 5) is 14.2. The van der Waals surface area contributed by atoms with Crippen LogP contribution in [0.15, 0.2) is 42.7 Å². The van der Waals surface area contributed by atoms with Gasteiger partial charge in [0.1, 0.15) is 22.7 Å². The number of rotatable bonds is 5. The van der Waals surface area contributed by atoms with Gasteiger partial charge in [0.2, 0.25) is 0 Å². The molecule has 0 aliphatic rings. The minimum absolute atomic E-state index is 0.136. The Labute approximate surface area is 145 Å². The largest absolute Gasteiger partial charge is 0.386 e. The van der Waals surface area contributed by atoms with E-state index in [0.29, 0.717) is 0 Å². The molecule has 0 fully saturated rings.